The first-order valence-electron chi connectivity index (χ1n) is 4.09. The van der Waals surface area contributed by atoms with Crippen LogP contribution in [0.15, 0.2) is 12.7 Å². The van der Waals surface area contributed by atoms with E-state index in [-0.39, 0.29) is 23.5 Å². The maximum atomic E-state index is 10.9. The van der Waals surface area contributed by atoms with Gasteiger partial charge in [-0.1, -0.05) is 20.4 Å². The molecular formula is C9H15NO2. The molecule has 0 aliphatic heterocycles. The zero-order valence-electron chi connectivity index (χ0n) is 7.50. The van der Waals surface area contributed by atoms with E-state index in [4.69, 9.17) is 0 Å². The second-order valence-electron chi connectivity index (χ2n) is 3.84. The summed E-state index contributed by atoms with van der Waals surface area (Å²) in [5.41, 5.74) is -0.196. The van der Waals surface area contributed by atoms with E-state index in [9.17, 15) is 9.90 Å². The van der Waals surface area contributed by atoms with Crippen LogP contribution in [0.5, 0.6) is 0 Å². The van der Waals surface area contributed by atoms with Gasteiger partial charge < -0.3 is 10.4 Å². The van der Waals surface area contributed by atoms with Gasteiger partial charge in [-0.05, 0) is 12.5 Å². The number of rotatable bonds is 2. The summed E-state index contributed by atoms with van der Waals surface area (Å²) < 4.78 is 0. The monoisotopic (exact) mass is 169 g/mol. The van der Waals surface area contributed by atoms with Gasteiger partial charge in [-0.2, -0.15) is 0 Å². The summed E-state index contributed by atoms with van der Waals surface area (Å²) in [5, 5.41) is 12.1. The Morgan fingerprint density at radius 1 is 1.75 bits per heavy atom. The van der Waals surface area contributed by atoms with E-state index in [0.29, 0.717) is 6.42 Å². The number of aliphatic hydroxyl groups is 1. The van der Waals surface area contributed by atoms with Crippen LogP contribution in [0.3, 0.4) is 0 Å². The van der Waals surface area contributed by atoms with Crippen molar-refractivity contribution < 1.29 is 9.90 Å². The molecule has 3 nitrogen and oxygen atoms in total. The smallest absolute Gasteiger partial charge is 0.243 e. The molecule has 0 bridgehead atoms. The van der Waals surface area contributed by atoms with Crippen LogP contribution >= 0.6 is 0 Å². The Morgan fingerprint density at radius 3 is 2.67 bits per heavy atom. The van der Waals surface area contributed by atoms with Crippen LogP contribution < -0.4 is 5.32 Å². The molecule has 2 N–H and O–H groups in total. The van der Waals surface area contributed by atoms with E-state index in [1.54, 1.807) is 0 Å². The first-order valence-corrected chi connectivity index (χ1v) is 4.09. The minimum Gasteiger partial charge on any atom is -0.392 e. The van der Waals surface area contributed by atoms with Gasteiger partial charge in [-0.25, -0.2) is 0 Å². The van der Waals surface area contributed by atoms with Gasteiger partial charge in [0, 0.05) is 11.5 Å². The standard InChI is InChI=1S/C9H15NO2/c1-4-8(12)10-6-5-7(11)9(6,2)3/h4,6-7,11H,1,5H2,2-3H3,(H,10,12). The van der Waals surface area contributed by atoms with E-state index in [1.807, 2.05) is 13.8 Å². The zero-order chi connectivity index (χ0) is 9.35. The van der Waals surface area contributed by atoms with Gasteiger partial charge in [0.05, 0.1) is 6.10 Å². The molecule has 1 amide bonds. The van der Waals surface area contributed by atoms with E-state index in [1.165, 1.54) is 6.08 Å². The Labute approximate surface area is 72.5 Å². The summed E-state index contributed by atoms with van der Waals surface area (Å²) in [6.45, 7) is 7.24. The van der Waals surface area contributed by atoms with Crippen molar-refractivity contribution in [3.05, 3.63) is 12.7 Å². The number of nitrogens with one attached hydrogen (secondary N) is 1. The highest BCUT2D eigenvalue weighted by molar-refractivity contribution is 5.87. The highest BCUT2D eigenvalue weighted by Gasteiger charge is 2.47. The lowest BCUT2D eigenvalue weighted by Gasteiger charge is -2.49. The first-order chi connectivity index (χ1) is 5.48. The third-order valence-corrected chi connectivity index (χ3v) is 2.72. The Bertz CT molecular complexity index is 211. The Balaban J connectivity index is 2.47. The summed E-state index contributed by atoms with van der Waals surface area (Å²) in [6, 6.07) is 0.0815. The second-order valence-corrected chi connectivity index (χ2v) is 3.84. The number of amides is 1. The van der Waals surface area contributed by atoms with Crippen molar-refractivity contribution in [1.82, 2.24) is 5.32 Å². The Hall–Kier alpha value is -0.830. The maximum Gasteiger partial charge on any atom is 0.243 e. The number of carbonyl (C=O) groups is 1. The van der Waals surface area contributed by atoms with Crippen LogP contribution in [-0.2, 0) is 4.79 Å². The van der Waals surface area contributed by atoms with Crippen molar-refractivity contribution in [1.29, 1.82) is 0 Å². The molecule has 1 fully saturated rings. The normalized spacial score (nSPS) is 31.9. The van der Waals surface area contributed by atoms with Gasteiger partial charge in [0.2, 0.25) is 5.91 Å². The lowest BCUT2D eigenvalue weighted by atomic mass is 9.64. The summed E-state index contributed by atoms with van der Waals surface area (Å²) in [6.07, 6.45) is 1.60. The van der Waals surface area contributed by atoms with Gasteiger partial charge in [0.15, 0.2) is 0 Å². The van der Waals surface area contributed by atoms with Crippen LogP contribution in [-0.4, -0.2) is 23.2 Å². The fourth-order valence-electron chi connectivity index (χ4n) is 1.38. The third-order valence-electron chi connectivity index (χ3n) is 2.72. The van der Waals surface area contributed by atoms with Crippen LogP contribution in [0.25, 0.3) is 0 Å². The summed E-state index contributed by atoms with van der Waals surface area (Å²) >= 11 is 0. The average Bonchev–Trinajstić information content (AvgIpc) is 2.03. The molecule has 1 saturated carbocycles. The van der Waals surface area contributed by atoms with E-state index in [2.05, 4.69) is 11.9 Å². The predicted octanol–water partition coefficient (Wildman–Crippen LogP) is 0.448. The van der Waals surface area contributed by atoms with Crippen molar-refractivity contribution in [3.63, 3.8) is 0 Å². The molecule has 1 aliphatic rings. The molecule has 0 radical (unpaired) electrons. The second kappa shape index (κ2) is 2.90. The molecule has 0 aromatic rings. The molecule has 3 heteroatoms. The molecule has 1 rings (SSSR count). The molecule has 1 aliphatic carbocycles. The topological polar surface area (TPSA) is 49.3 Å². The van der Waals surface area contributed by atoms with Crippen molar-refractivity contribution in [2.45, 2.75) is 32.4 Å². The summed E-state index contributed by atoms with van der Waals surface area (Å²) in [5.74, 6) is -0.167. The fourth-order valence-corrected chi connectivity index (χ4v) is 1.38. The average molecular weight is 169 g/mol. The summed E-state index contributed by atoms with van der Waals surface area (Å²) in [7, 11) is 0. The van der Waals surface area contributed by atoms with Gasteiger partial charge in [0.25, 0.3) is 0 Å². The number of aliphatic hydroxyl groups excluding tert-OH is 1. The largest absolute Gasteiger partial charge is 0.392 e. The van der Waals surface area contributed by atoms with E-state index >= 15 is 0 Å². The Morgan fingerprint density at radius 2 is 2.33 bits per heavy atom. The molecule has 0 heterocycles. The van der Waals surface area contributed by atoms with Gasteiger partial charge in [0.1, 0.15) is 0 Å². The molecule has 0 aromatic carbocycles. The lowest BCUT2D eigenvalue weighted by molar-refractivity contribution is -0.124. The van der Waals surface area contributed by atoms with Crippen LogP contribution in [0, 0.1) is 5.41 Å². The van der Waals surface area contributed by atoms with Gasteiger partial charge >= 0.3 is 0 Å². The maximum absolute atomic E-state index is 10.9. The molecule has 0 spiro atoms. The fraction of sp³-hybridized carbons (Fsp3) is 0.667. The van der Waals surface area contributed by atoms with Gasteiger partial charge in [-0.3, -0.25) is 4.79 Å². The number of carbonyl (C=O) groups excluding carboxylic acids is 1. The number of hydrogen-bond acceptors (Lipinski definition) is 2. The minimum atomic E-state index is -0.299. The van der Waals surface area contributed by atoms with Crippen LogP contribution in [0.2, 0.25) is 0 Å². The highest BCUT2D eigenvalue weighted by Crippen LogP contribution is 2.40. The molecule has 2 atom stereocenters. The highest BCUT2D eigenvalue weighted by atomic mass is 16.3. The zero-order valence-corrected chi connectivity index (χ0v) is 7.50. The summed E-state index contributed by atoms with van der Waals surface area (Å²) in [4.78, 5) is 10.9. The van der Waals surface area contributed by atoms with Crippen molar-refractivity contribution in [2.24, 2.45) is 5.41 Å². The van der Waals surface area contributed by atoms with Crippen molar-refractivity contribution in [3.8, 4) is 0 Å². The van der Waals surface area contributed by atoms with Crippen LogP contribution in [0.4, 0.5) is 0 Å². The molecular weight excluding hydrogens is 154 g/mol. The number of hydrogen-bond donors (Lipinski definition) is 2. The van der Waals surface area contributed by atoms with Crippen molar-refractivity contribution in [2.75, 3.05) is 0 Å². The molecule has 68 valence electrons. The molecule has 0 saturated heterocycles. The predicted molar refractivity (Wildman–Crippen MR) is 46.5 cm³/mol. The lowest BCUT2D eigenvalue weighted by Crippen LogP contribution is -2.60. The first kappa shape index (κ1) is 9.26. The minimum absolute atomic E-state index is 0.0815. The van der Waals surface area contributed by atoms with Crippen molar-refractivity contribution >= 4 is 5.91 Å². The Kier molecular flexibility index (Phi) is 2.24. The SMILES string of the molecule is C=CC(=O)NC1CC(O)C1(C)C. The quantitative estimate of drug-likeness (QED) is 0.589. The van der Waals surface area contributed by atoms with E-state index in [0.717, 1.165) is 0 Å². The van der Waals surface area contributed by atoms with E-state index < -0.39 is 0 Å². The molecule has 2 unspecified atom stereocenters. The van der Waals surface area contributed by atoms with Gasteiger partial charge in [-0.15, -0.1) is 0 Å². The molecule has 12 heavy (non-hydrogen) atoms. The molecule has 0 aromatic heterocycles. The third kappa shape index (κ3) is 1.37. The van der Waals surface area contributed by atoms with Crippen LogP contribution in [0.1, 0.15) is 20.3 Å².